The molecule has 2 atom stereocenters. The van der Waals surface area contributed by atoms with E-state index in [-0.39, 0.29) is 42.8 Å². The molecule has 2 unspecified atom stereocenters. The van der Waals surface area contributed by atoms with Crippen molar-refractivity contribution < 1.29 is 18.9 Å². The molecule has 30 heavy (non-hydrogen) atoms. The van der Waals surface area contributed by atoms with Crippen molar-refractivity contribution >= 4 is 35.1 Å². The van der Waals surface area contributed by atoms with E-state index >= 15 is 0 Å². The highest BCUT2D eigenvalue weighted by Gasteiger charge is 2.47. The molecule has 2 fully saturated rings. The van der Waals surface area contributed by atoms with Crippen LogP contribution in [0.2, 0.25) is 5.02 Å². The molecule has 0 radical (unpaired) electrons. The molecule has 158 valence electrons. The number of rotatable bonds is 5. The second kappa shape index (κ2) is 8.43. The van der Waals surface area contributed by atoms with Crippen molar-refractivity contribution in [2.24, 2.45) is 5.92 Å². The predicted molar refractivity (Wildman–Crippen MR) is 108 cm³/mol. The number of urea groups is 1. The van der Waals surface area contributed by atoms with E-state index in [0.717, 1.165) is 17.7 Å². The van der Waals surface area contributed by atoms with Gasteiger partial charge in [-0.2, -0.15) is 4.98 Å². The normalized spacial score (nSPS) is 21.5. The number of nitrogens with zero attached hydrogens (tertiary/aromatic N) is 4. The molecule has 9 nitrogen and oxygen atoms in total. The van der Waals surface area contributed by atoms with Crippen LogP contribution in [0.5, 0.6) is 0 Å². The summed E-state index contributed by atoms with van der Waals surface area (Å²) >= 11 is 5.88. The van der Waals surface area contributed by atoms with Crippen LogP contribution in [0.1, 0.15) is 37.4 Å². The highest BCUT2D eigenvalue weighted by atomic mass is 35.5. The van der Waals surface area contributed by atoms with Gasteiger partial charge in [0.1, 0.15) is 13.1 Å². The summed E-state index contributed by atoms with van der Waals surface area (Å²) in [6.45, 7) is 1.42. The molecular weight excluding hydrogens is 410 g/mol. The van der Waals surface area contributed by atoms with E-state index in [0.29, 0.717) is 29.4 Å². The SMILES string of the molecule is Cc1noc(CN2C(=O)C3CCCCC3N(CC(=O)Nc3ccc(Cl)cc3)C2=O)n1. The lowest BCUT2D eigenvalue weighted by atomic mass is 9.81. The minimum Gasteiger partial charge on any atom is -0.337 e. The largest absolute Gasteiger partial charge is 0.337 e. The van der Waals surface area contributed by atoms with Gasteiger partial charge < -0.3 is 14.7 Å². The third-order valence-electron chi connectivity index (χ3n) is 5.49. The Morgan fingerprint density at radius 2 is 1.97 bits per heavy atom. The van der Waals surface area contributed by atoms with Crippen LogP contribution in [0.3, 0.4) is 0 Å². The van der Waals surface area contributed by atoms with Gasteiger partial charge in [-0.25, -0.2) is 4.79 Å². The molecule has 1 aromatic heterocycles. The van der Waals surface area contributed by atoms with Gasteiger partial charge in [0.15, 0.2) is 5.82 Å². The summed E-state index contributed by atoms with van der Waals surface area (Å²) in [6.07, 6.45) is 3.22. The molecule has 2 aromatic rings. The van der Waals surface area contributed by atoms with Crippen molar-refractivity contribution in [3.8, 4) is 0 Å². The number of aromatic nitrogens is 2. The highest BCUT2D eigenvalue weighted by molar-refractivity contribution is 6.30. The summed E-state index contributed by atoms with van der Waals surface area (Å²) < 4.78 is 5.09. The zero-order valence-electron chi connectivity index (χ0n) is 16.5. The van der Waals surface area contributed by atoms with Crippen LogP contribution in [-0.4, -0.2) is 50.4 Å². The Bertz CT molecular complexity index is 960. The Labute approximate surface area is 178 Å². The van der Waals surface area contributed by atoms with E-state index in [1.54, 1.807) is 31.2 Å². The maximum atomic E-state index is 13.2. The first-order valence-corrected chi connectivity index (χ1v) is 10.3. The maximum Gasteiger partial charge on any atom is 0.327 e. The Morgan fingerprint density at radius 1 is 1.23 bits per heavy atom. The first-order chi connectivity index (χ1) is 14.4. The molecule has 1 aromatic carbocycles. The van der Waals surface area contributed by atoms with E-state index in [4.69, 9.17) is 16.1 Å². The van der Waals surface area contributed by atoms with Gasteiger partial charge >= 0.3 is 6.03 Å². The van der Waals surface area contributed by atoms with Crippen LogP contribution in [0, 0.1) is 12.8 Å². The van der Waals surface area contributed by atoms with Crippen molar-refractivity contribution in [3.63, 3.8) is 0 Å². The molecule has 4 rings (SSSR count). The second-order valence-corrected chi connectivity index (χ2v) is 8.02. The van der Waals surface area contributed by atoms with Gasteiger partial charge in [0.25, 0.3) is 0 Å². The summed E-state index contributed by atoms with van der Waals surface area (Å²) in [6, 6.07) is 5.94. The van der Waals surface area contributed by atoms with E-state index in [9.17, 15) is 14.4 Å². The van der Waals surface area contributed by atoms with E-state index < -0.39 is 6.03 Å². The number of fused-ring (bicyclic) bond motifs is 1. The first-order valence-electron chi connectivity index (χ1n) is 9.89. The van der Waals surface area contributed by atoms with Crippen molar-refractivity contribution in [1.82, 2.24) is 19.9 Å². The van der Waals surface area contributed by atoms with Crippen LogP contribution in [0.4, 0.5) is 10.5 Å². The Hall–Kier alpha value is -2.94. The van der Waals surface area contributed by atoms with Gasteiger partial charge in [-0.3, -0.25) is 14.5 Å². The topological polar surface area (TPSA) is 109 Å². The Morgan fingerprint density at radius 3 is 2.67 bits per heavy atom. The number of carbonyl (C=O) groups is 3. The number of hydrogen-bond acceptors (Lipinski definition) is 6. The van der Waals surface area contributed by atoms with E-state index in [1.165, 1.54) is 4.90 Å². The van der Waals surface area contributed by atoms with Crippen molar-refractivity contribution in [2.75, 3.05) is 11.9 Å². The molecule has 10 heteroatoms. The van der Waals surface area contributed by atoms with Crippen LogP contribution in [0.25, 0.3) is 0 Å². The molecule has 1 aliphatic carbocycles. The predicted octanol–water partition coefficient (Wildman–Crippen LogP) is 2.99. The summed E-state index contributed by atoms with van der Waals surface area (Å²) in [7, 11) is 0. The molecule has 1 saturated carbocycles. The Balaban J connectivity index is 1.52. The highest BCUT2D eigenvalue weighted by Crippen LogP contribution is 2.35. The number of imide groups is 1. The summed E-state index contributed by atoms with van der Waals surface area (Å²) in [5.41, 5.74) is 0.586. The van der Waals surface area contributed by atoms with Crippen LogP contribution in [-0.2, 0) is 16.1 Å². The average molecular weight is 432 g/mol. The number of nitrogens with one attached hydrogen (secondary N) is 1. The monoisotopic (exact) mass is 431 g/mol. The van der Waals surface area contributed by atoms with Gasteiger partial charge in [-0.1, -0.05) is 29.6 Å². The van der Waals surface area contributed by atoms with Gasteiger partial charge in [-0.15, -0.1) is 0 Å². The molecule has 1 aliphatic heterocycles. The first kappa shape index (κ1) is 20.3. The number of aryl methyl sites for hydroxylation is 1. The number of hydrogen-bond donors (Lipinski definition) is 1. The molecule has 0 spiro atoms. The van der Waals surface area contributed by atoms with Gasteiger partial charge in [0.2, 0.25) is 17.7 Å². The smallest absolute Gasteiger partial charge is 0.327 e. The third kappa shape index (κ3) is 4.16. The minimum absolute atomic E-state index is 0.100. The lowest BCUT2D eigenvalue weighted by Crippen LogP contribution is -2.63. The van der Waals surface area contributed by atoms with Gasteiger partial charge in [0.05, 0.1) is 5.92 Å². The molecule has 4 amide bonds. The van der Waals surface area contributed by atoms with Crippen molar-refractivity contribution in [2.45, 2.75) is 45.2 Å². The molecule has 0 bridgehead atoms. The second-order valence-electron chi connectivity index (χ2n) is 7.58. The lowest BCUT2D eigenvalue weighted by molar-refractivity contribution is -0.142. The lowest BCUT2D eigenvalue weighted by Gasteiger charge is -2.46. The fourth-order valence-electron chi connectivity index (χ4n) is 4.12. The quantitative estimate of drug-likeness (QED) is 0.779. The summed E-state index contributed by atoms with van der Waals surface area (Å²) in [5.74, 6) is -0.290. The number of amides is 4. The van der Waals surface area contributed by atoms with Crippen molar-refractivity contribution in [3.05, 3.63) is 41.0 Å². The number of benzene rings is 1. The average Bonchev–Trinajstić information content (AvgIpc) is 3.15. The zero-order valence-corrected chi connectivity index (χ0v) is 17.3. The third-order valence-corrected chi connectivity index (χ3v) is 5.75. The summed E-state index contributed by atoms with van der Waals surface area (Å²) in [5, 5.41) is 7.05. The van der Waals surface area contributed by atoms with Crippen LogP contribution >= 0.6 is 11.6 Å². The fraction of sp³-hybridized carbons (Fsp3) is 0.450. The zero-order chi connectivity index (χ0) is 21.3. The standard InChI is InChI=1S/C20H22ClN5O4/c1-12-22-18(30-24-12)11-26-19(28)15-4-2-3-5-16(15)25(20(26)29)10-17(27)23-14-8-6-13(21)7-9-14/h6-9,15-16H,2-5,10-11H2,1H3,(H,23,27). The molecule has 2 heterocycles. The van der Waals surface area contributed by atoms with Crippen LogP contribution in [0.15, 0.2) is 28.8 Å². The molecule has 1 N–H and O–H groups in total. The van der Waals surface area contributed by atoms with E-state index in [1.807, 2.05) is 0 Å². The molecule has 1 saturated heterocycles. The molecule has 2 aliphatic rings. The van der Waals surface area contributed by atoms with Crippen molar-refractivity contribution in [1.29, 1.82) is 0 Å². The van der Waals surface area contributed by atoms with Gasteiger partial charge in [-0.05, 0) is 44.0 Å². The fourth-order valence-corrected chi connectivity index (χ4v) is 4.25. The van der Waals surface area contributed by atoms with Gasteiger partial charge in [0, 0.05) is 16.8 Å². The minimum atomic E-state index is -0.509. The Kier molecular flexibility index (Phi) is 5.72. The number of carbonyl (C=O) groups excluding carboxylic acids is 3. The summed E-state index contributed by atoms with van der Waals surface area (Å²) in [4.78, 5) is 45.6. The maximum absolute atomic E-state index is 13.2. The van der Waals surface area contributed by atoms with E-state index in [2.05, 4.69) is 15.5 Å². The number of halogens is 1. The molecular formula is C20H22ClN5O4. The van der Waals surface area contributed by atoms with Crippen LogP contribution < -0.4 is 5.32 Å². The number of anilines is 1.